The molecule has 9 nitrogen and oxygen atoms in total. The monoisotopic (exact) mass is 440 g/mol. The van der Waals surface area contributed by atoms with E-state index < -0.39 is 10.0 Å². The minimum absolute atomic E-state index is 0.0937. The number of carbonyl (C=O) groups is 1. The summed E-state index contributed by atoms with van der Waals surface area (Å²) in [6, 6.07) is 4.47. The number of ether oxygens (including phenoxy) is 4. The molecule has 1 aromatic carbocycles. The summed E-state index contributed by atoms with van der Waals surface area (Å²) in [7, 11) is -2.22. The largest absolute Gasteiger partial charge is 0.496 e. The van der Waals surface area contributed by atoms with Crippen LogP contribution >= 0.6 is 0 Å². The smallest absolute Gasteiger partial charge is 0.257 e. The van der Waals surface area contributed by atoms with Crippen molar-refractivity contribution in [2.45, 2.75) is 24.0 Å². The van der Waals surface area contributed by atoms with E-state index in [0.717, 1.165) is 12.8 Å². The van der Waals surface area contributed by atoms with Gasteiger partial charge >= 0.3 is 0 Å². The van der Waals surface area contributed by atoms with Gasteiger partial charge in [0.15, 0.2) is 6.29 Å². The number of amides is 1. The zero-order chi connectivity index (χ0) is 21.1. The Morgan fingerprint density at radius 3 is 2.33 bits per heavy atom. The number of benzene rings is 1. The van der Waals surface area contributed by atoms with Crippen LogP contribution in [0.5, 0.6) is 5.75 Å². The molecule has 4 rings (SSSR count). The van der Waals surface area contributed by atoms with Crippen LogP contribution in [0.1, 0.15) is 23.2 Å². The maximum atomic E-state index is 13.2. The number of hydrogen-bond donors (Lipinski definition) is 0. The predicted octanol–water partition coefficient (Wildman–Crippen LogP) is 0.941. The highest BCUT2D eigenvalue weighted by atomic mass is 32.2. The topological polar surface area (TPSA) is 94.6 Å². The average molecular weight is 441 g/mol. The lowest BCUT2D eigenvalue weighted by Crippen LogP contribution is -2.42. The Hall–Kier alpha value is -1.72. The van der Waals surface area contributed by atoms with E-state index in [1.165, 1.54) is 23.5 Å². The molecule has 3 aliphatic heterocycles. The van der Waals surface area contributed by atoms with Gasteiger partial charge in [0.1, 0.15) is 5.75 Å². The minimum Gasteiger partial charge on any atom is -0.496 e. The summed E-state index contributed by atoms with van der Waals surface area (Å²) < 4.78 is 49.2. The normalized spacial score (nSPS) is 22.4. The standard InChI is InChI=1S/C20H28N2O7S/c1-26-18-3-2-16(30(24,25)22-8-10-27-11-9-22)14-17(18)19(23)21-6-4-15(5-7-21)20-28-12-13-29-20/h2-3,14-15,20H,4-13H2,1H3. The first kappa shape index (κ1) is 21.5. The summed E-state index contributed by atoms with van der Waals surface area (Å²) in [6.45, 7) is 3.70. The van der Waals surface area contributed by atoms with E-state index in [-0.39, 0.29) is 28.6 Å². The number of methoxy groups -OCH3 is 1. The van der Waals surface area contributed by atoms with Crippen LogP contribution in [0.2, 0.25) is 0 Å². The van der Waals surface area contributed by atoms with Gasteiger partial charge in [-0.3, -0.25) is 4.79 Å². The van der Waals surface area contributed by atoms with E-state index in [1.807, 2.05) is 0 Å². The summed E-state index contributed by atoms with van der Waals surface area (Å²) in [5.74, 6) is 0.412. The van der Waals surface area contributed by atoms with Crippen molar-refractivity contribution in [1.82, 2.24) is 9.21 Å². The number of piperidine rings is 1. The molecule has 0 aliphatic carbocycles. The van der Waals surface area contributed by atoms with E-state index in [0.29, 0.717) is 58.4 Å². The molecule has 3 heterocycles. The second kappa shape index (κ2) is 9.19. The first-order valence-electron chi connectivity index (χ1n) is 10.3. The number of rotatable bonds is 5. The molecule has 1 aromatic rings. The number of likely N-dealkylation sites (tertiary alicyclic amines) is 1. The highest BCUT2D eigenvalue weighted by molar-refractivity contribution is 7.89. The molecule has 0 saturated carbocycles. The Morgan fingerprint density at radius 1 is 1.03 bits per heavy atom. The molecule has 0 unspecified atom stereocenters. The third-order valence-corrected chi connectivity index (χ3v) is 7.76. The Balaban J connectivity index is 1.51. The molecule has 1 amide bonds. The van der Waals surface area contributed by atoms with Gasteiger partial charge in [0.2, 0.25) is 10.0 Å². The maximum absolute atomic E-state index is 13.2. The van der Waals surface area contributed by atoms with Gasteiger partial charge in [0.05, 0.1) is 44.0 Å². The molecule has 166 valence electrons. The number of hydrogen-bond acceptors (Lipinski definition) is 7. The van der Waals surface area contributed by atoms with Crippen LogP contribution < -0.4 is 4.74 Å². The Kier molecular flexibility index (Phi) is 6.59. The van der Waals surface area contributed by atoms with Gasteiger partial charge in [0, 0.05) is 32.1 Å². The van der Waals surface area contributed by atoms with Crippen LogP contribution in [0.15, 0.2) is 23.1 Å². The first-order valence-corrected chi connectivity index (χ1v) is 11.7. The lowest BCUT2D eigenvalue weighted by Gasteiger charge is -2.34. The number of morpholine rings is 1. The molecule has 0 aromatic heterocycles. The van der Waals surface area contributed by atoms with Crippen molar-refractivity contribution < 1.29 is 32.2 Å². The van der Waals surface area contributed by atoms with Crippen molar-refractivity contribution in [1.29, 1.82) is 0 Å². The average Bonchev–Trinajstić information content (AvgIpc) is 3.34. The molecule has 3 saturated heterocycles. The van der Waals surface area contributed by atoms with Crippen LogP contribution in [0.3, 0.4) is 0 Å². The fourth-order valence-electron chi connectivity index (χ4n) is 4.14. The zero-order valence-electron chi connectivity index (χ0n) is 17.1. The Bertz CT molecular complexity index is 856. The molecule has 10 heteroatoms. The van der Waals surface area contributed by atoms with Crippen LogP contribution in [0, 0.1) is 5.92 Å². The Morgan fingerprint density at radius 2 is 1.70 bits per heavy atom. The number of carbonyl (C=O) groups excluding carboxylic acids is 1. The van der Waals surface area contributed by atoms with Crippen molar-refractivity contribution in [3.8, 4) is 5.75 Å². The Labute approximate surface area is 176 Å². The first-order chi connectivity index (χ1) is 14.5. The van der Waals surface area contributed by atoms with Crippen LogP contribution in [-0.2, 0) is 24.2 Å². The van der Waals surface area contributed by atoms with Gasteiger partial charge in [-0.15, -0.1) is 0 Å². The third kappa shape index (κ3) is 4.33. The van der Waals surface area contributed by atoms with Gasteiger partial charge in [-0.25, -0.2) is 8.42 Å². The van der Waals surface area contributed by atoms with Crippen molar-refractivity contribution in [3.63, 3.8) is 0 Å². The lowest BCUT2D eigenvalue weighted by molar-refractivity contribution is -0.0956. The van der Waals surface area contributed by atoms with E-state index in [9.17, 15) is 13.2 Å². The SMILES string of the molecule is COc1ccc(S(=O)(=O)N2CCOCC2)cc1C(=O)N1CCC(C2OCCO2)CC1. The molecular formula is C20H28N2O7S. The van der Waals surface area contributed by atoms with Gasteiger partial charge in [-0.1, -0.05) is 0 Å². The number of nitrogens with zero attached hydrogens (tertiary/aromatic N) is 2. The fourth-order valence-corrected chi connectivity index (χ4v) is 5.58. The van der Waals surface area contributed by atoms with Crippen molar-refractivity contribution in [2.75, 3.05) is 59.7 Å². The van der Waals surface area contributed by atoms with E-state index in [4.69, 9.17) is 18.9 Å². The highest BCUT2D eigenvalue weighted by Gasteiger charge is 2.33. The summed E-state index contributed by atoms with van der Waals surface area (Å²) in [4.78, 5) is 15.1. The third-order valence-electron chi connectivity index (χ3n) is 5.87. The molecular weight excluding hydrogens is 412 g/mol. The molecule has 0 N–H and O–H groups in total. The zero-order valence-corrected chi connectivity index (χ0v) is 17.9. The molecule has 0 bridgehead atoms. The molecule has 0 spiro atoms. The van der Waals surface area contributed by atoms with Crippen LogP contribution in [-0.4, -0.2) is 89.5 Å². The van der Waals surface area contributed by atoms with Gasteiger partial charge in [-0.2, -0.15) is 4.31 Å². The van der Waals surface area contributed by atoms with E-state index in [2.05, 4.69) is 0 Å². The quantitative estimate of drug-likeness (QED) is 0.673. The van der Waals surface area contributed by atoms with E-state index >= 15 is 0 Å². The van der Waals surface area contributed by atoms with Gasteiger partial charge in [-0.05, 0) is 31.0 Å². The van der Waals surface area contributed by atoms with Crippen molar-refractivity contribution in [3.05, 3.63) is 23.8 Å². The van der Waals surface area contributed by atoms with Crippen LogP contribution in [0.4, 0.5) is 0 Å². The van der Waals surface area contributed by atoms with Crippen molar-refractivity contribution >= 4 is 15.9 Å². The van der Waals surface area contributed by atoms with Crippen molar-refractivity contribution in [2.24, 2.45) is 5.92 Å². The number of sulfonamides is 1. The minimum atomic E-state index is -3.70. The molecule has 0 radical (unpaired) electrons. The second-order valence-corrected chi connectivity index (χ2v) is 9.56. The lowest BCUT2D eigenvalue weighted by atomic mass is 9.95. The fraction of sp³-hybridized carbons (Fsp3) is 0.650. The summed E-state index contributed by atoms with van der Waals surface area (Å²) in [5, 5.41) is 0. The van der Waals surface area contributed by atoms with Gasteiger partial charge < -0.3 is 23.8 Å². The van der Waals surface area contributed by atoms with E-state index in [1.54, 1.807) is 11.0 Å². The summed E-state index contributed by atoms with van der Waals surface area (Å²) >= 11 is 0. The summed E-state index contributed by atoms with van der Waals surface area (Å²) in [5.41, 5.74) is 0.263. The molecule has 30 heavy (non-hydrogen) atoms. The predicted molar refractivity (Wildman–Crippen MR) is 107 cm³/mol. The molecule has 3 fully saturated rings. The summed E-state index contributed by atoms with van der Waals surface area (Å²) in [6.07, 6.45) is 1.38. The van der Waals surface area contributed by atoms with Crippen LogP contribution in [0.25, 0.3) is 0 Å². The second-order valence-electron chi connectivity index (χ2n) is 7.62. The highest BCUT2D eigenvalue weighted by Crippen LogP contribution is 2.30. The van der Waals surface area contributed by atoms with Gasteiger partial charge in [0.25, 0.3) is 5.91 Å². The maximum Gasteiger partial charge on any atom is 0.257 e. The molecule has 0 atom stereocenters. The molecule has 3 aliphatic rings.